The Morgan fingerprint density at radius 3 is 2.57 bits per heavy atom. The van der Waals surface area contributed by atoms with Crippen molar-refractivity contribution in [3.8, 4) is 23.0 Å². The standard InChI is InChI=1S/C17H11ClN4O/c18-14-9-5-4-8-12(14)15-13-10-19-17(20-16(13)22-21-15)23-11-6-2-1-3-7-11/h1-10H,(H,19,20,21,22). The Kier molecular flexibility index (Phi) is 3.40. The normalized spacial score (nSPS) is 10.8. The lowest BCUT2D eigenvalue weighted by atomic mass is 10.1. The number of nitrogens with one attached hydrogen (secondary N) is 1. The van der Waals surface area contributed by atoms with E-state index in [1.165, 1.54) is 0 Å². The number of ether oxygens (including phenoxy) is 1. The number of H-pyrrole nitrogens is 1. The molecular weight excluding hydrogens is 312 g/mol. The smallest absolute Gasteiger partial charge is 0.323 e. The molecule has 0 aliphatic rings. The van der Waals surface area contributed by atoms with Crippen molar-refractivity contribution < 1.29 is 4.74 Å². The second-order valence-electron chi connectivity index (χ2n) is 4.88. The molecule has 2 heterocycles. The summed E-state index contributed by atoms with van der Waals surface area (Å²) in [6, 6.07) is 17.2. The summed E-state index contributed by atoms with van der Waals surface area (Å²) < 4.78 is 5.63. The summed E-state index contributed by atoms with van der Waals surface area (Å²) in [5, 5.41) is 8.63. The first kappa shape index (κ1) is 13.7. The number of fused-ring (bicyclic) bond motifs is 1. The van der Waals surface area contributed by atoms with E-state index in [-0.39, 0.29) is 6.01 Å². The highest BCUT2D eigenvalue weighted by Crippen LogP contribution is 2.31. The predicted octanol–water partition coefficient (Wildman–Crippen LogP) is 4.47. The molecule has 4 aromatic rings. The van der Waals surface area contributed by atoms with Crippen molar-refractivity contribution in [2.24, 2.45) is 0 Å². The zero-order valence-electron chi connectivity index (χ0n) is 11.9. The molecular formula is C17H11ClN4O. The minimum absolute atomic E-state index is 0.262. The maximum atomic E-state index is 6.24. The molecule has 0 aliphatic heterocycles. The van der Waals surface area contributed by atoms with Crippen LogP contribution in [0.1, 0.15) is 0 Å². The Balaban J connectivity index is 1.73. The van der Waals surface area contributed by atoms with Gasteiger partial charge in [-0.2, -0.15) is 10.1 Å². The van der Waals surface area contributed by atoms with Crippen molar-refractivity contribution in [3.05, 3.63) is 65.8 Å². The lowest BCUT2D eigenvalue weighted by Crippen LogP contribution is -1.91. The van der Waals surface area contributed by atoms with E-state index in [9.17, 15) is 0 Å². The van der Waals surface area contributed by atoms with E-state index in [1.807, 2.05) is 54.6 Å². The Bertz CT molecular complexity index is 969. The fraction of sp³-hybridized carbons (Fsp3) is 0. The quantitative estimate of drug-likeness (QED) is 0.604. The van der Waals surface area contributed by atoms with Crippen LogP contribution in [0.3, 0.4) is 0 Å². The van der Waals surface area contributed by atoms with Crippen LogP contribution < -0.4 is 4.74 Å². The van der Waals surface area contributed by atoms with Crippen molar-refractivity contribution >= 4 is 22.6 Å². The SMILES string of the molecule is Clc1ccccc1-c1n[nH]c2nc(Oc3ccccc3)ncc12. The molecule has 0 amide bonds. The van der Waals surface area contributed by atoms with E-state index in [1.54, 1.807) is 6.20 Å². The predicted molar refractivity (Wildman–Crippen MR) is 88.6 cm³/mol. The number of rotatable bonds is 3. The van der Waals surface area contributed by atoms with Gasteiger partial charge in [-0.05, 0) is 18.2 Å². The third kappa shape index (κ3) is 2.62. The van der Waals surface area contributed by atoms with Gasteiger partial charge >= 0.3 is 6.01 Å². The Labute approximate surface area is 136 Å². The zero-order valence-corrected chi connectivity index (χ0v) is 12.7. The van der Waals surface area contributed by atoms with Gasteiger partial charge in [-0.15, -0.1) is 0 Å². The van der Waals surface area contributed by atoms with Gasteiger partial charge in [0, 0.05) is 11.8 Å². The second kappa shape index (κ2) is 5.70. The first-order valence-electron chi connectivity index (χ1n) is 7.00. The largest absolute Gasteiger partial charge is 0.424 e. The van der Waals surface area contributed by atoms with Crippen molar-refractivity contribution in [3.63, 3.8) is 0 Å². The number of hydrogen-bond donors (Lipinski definition) is 1. The lowest BCUT2D eigenvalue weighted by molar-refractivity contribution is 0.444. The van der Waals surface area contributed by atoms with E-state index in [2.05, 4.69) is 20.2 Å². The molecule has 0 aliphatic carbocycles. The number of hydrogen-bond acceptors (Lipinski definition) is 4. The summed E-state index contributed by atoms with van der Waals surface area (Å²) in [5.74, 6) is 0.678. The molecule has 0 radical (unpaired) electrons. The van der Waals surface area contributed by atoms with Crippen LogP contribution in [0.15, 0.2) is 60.8 Å². The summed E-state index contributed by atoms with van der Waals surface area (Å²) in [6.45, 7) is 0. The highest BCUT2D eigenvalue weighted by molar-refractivity contribution is 6.33. The molecule has 112 valence electrons. The average Bonchev–Trinajstić information content (AvgIpc) is 2.99. The number of benzene rings is 2. The molecule has 0 bridgehead atoms. The molecule has 5 nitrogen and oxygen atoms in total. The van der Waals surface area contributed by atoms with Gasteiger partial charge in [0.25, 0.3) is 0 Å². The second-order valence-corrected chi connectivity index (χ2v) is 5.29. The molecule has 4 rings (SSSR count). The minimum atomic E-state index is 0.262. The van der Waals surface area contributed by atoms with Crippen LogP contribution in [-0.2, 0) is 0 Å². The van der Waals surface area contributed by atoms with Crippen LogP contribution in [-0.4, -0.2) is 20.2 Å². The average molecular weight is 323 g/mol. The maximum absolute atomic E-state index is 6.24. The van der Waals surface area contributed by atoms with Gasteiger partial charge in [0.05, 0.1) is 10.4 Å². The van der Waals surface area contributed by atoms with Crippen molar-refractivity contribution in [1.29, 1.82) is 0 Å². The van der Waals surface area contributed by atoms with E-state index >= 15 is 0 Å². The molecule has 0 spiro atoms. The summed E-state index contributed by atoms with van der Waals surface area (Å²) in [4.78, 5) is 8.61. The summed E-state index contributed by atoms with van der Waals surface area (Å²) >= 11 is 6.24. The maximum Gasteiger partial charge on any atom is 0.323 e. The van der Waals surface area contributed by atoms with Crippen LogP contribution in [0.2, 0.25) is 5.02 Å². The molecule has 0 atom stereocenters. The van der Waals surface area contributed by atoms with Crippen molar-refractivity contribution in [2.75, 3.05) is 0 Å². The van der Waals surface area contributed by atoms with Crippen LogP contribution >= 0.6 is 11.6 Å². The van der Waals surface area contributed by atoms with Crippen LogP contribution in [0, 0.1) is 0 Å². The third-order valence-corrected chi connectivity index (χ3v) is 3.71. The van der Waals surface area contributed by atoms with Gasteiger partial charge in [-0.1, -0.05) is 48.0 Å². The van der Waals surface area contributed by atoms with Crippen molar-refractivity contribution in [1.82, 2.24) is 20.2 Å². The number of aromatic amines is 1. The van der Waals surface area contributed by atoms with Gasteiger partial charge < -0.3 is 4.74 Å². The summed E-state index contributed by atoms with van der Waals surface area (Å²) in [7, 11) is 0. The molecule has 0 fully saturated rings. The van der Waals surface area contributed by atoms with Crippen molar-refractivity contribution in [2.45, 2.75) is 0 Å². The monoisotopic (exact) mass is 322 g/mol. The minimum Gasteiger partial charge on any atom is -0.424 e. The topological polar surface area (TPSA) is 63.7 Å². The Hall–Kier alpha value is -2.92. The number of para-hydroxylation sites is 1. The molecule has 0 unspecified atom stereocenters. The van der Waals surface area contributed by atoms with Gasteiger partial charge in [0.15, 0.2) is 5.65 Å². The highest BCUT2D eigenvalue weighted by atomic mass is 35.5. The lowest BCUT2D eigenvalue weighted by Gasteiger charge is -2.03. The molecule has 0 saturated heterocycles. The highest BCUT2D eigenvalue weighted by Gasteiger charge is 2.13. The molecule has 6 heteroatoms. The fourth-order valence-electron chi connectivity index (χ4n) is 2.29. The third-order valence-electron chi connectivity index (χ3n) is 3.38. The summed E-state index contributed by atoms with van der Waals surface area (Å²) in [5.41, 5.74) is 2.15. The molecule has 2 aromatic heterocycles. The number of nitrogens with zero attached hydrogens (tertiary/aromatic N) is 3. The van der Waals surface area contributed by atoms with E-state index in [0.717, 1.165) is 16.6 Å². The Morgan fingerprint density at radius 1 is 0.957 bits per heavy atom. The summed E-state index contributed by atoms with van der Waals surface area (Å²) in [6.07, 6.45) is 1.68. The van der Waals surface area contributed by atoms with Gasteiger partial charge in [0.2, 0.25) is 0 Å². The first-order chi connectivity index (χ1) is 11.3. The van der Waals surface area contributed by atoms with Gasteiger partial charge in [-0.3, -0.25) is 5.10 Å². The molecule has 0 saturated carbocycles. The zero-order chi connectivity index (χ0) is 15.6. The molecule has 2 aromatic carbocycles. The first-order valence-corrected chi connectivity index (χ1v) is 7.38. The number of halogens is 1. The van der Waals surface area contributed by atoms with Gasteiger partial charge in [0.1, 0.15) is 11.4 Å². The van der Waals surface area contributed by atoms with E-state index in [0.29, 0.717) is 16.4 Å². The van der Waals surface area contributed by atoms with E-state index < -0.39 is 0 Å². The van der Waals surface area contributed by atoms with Crippen LogP contribution in [0.5, 0.6) is 11.8 Å². The fourth-order valence-corrected chi connectivity index (χ4v) is 2.52. The van der Waals surface area contributed by atoms with Gasteiger partial charge in [-0.25, -0.2) is 4.98 Å². The number of aromatic nitrogens is 4. The Morgan fingerprint density at radius 2 is 1.74 bits per heavy atom. The van der Waals surface area contributed by atoms with E-state index in [4.69, 9.17) is 16.3 Å². The van der Waals surface area contributed by atoms with Crippen LogP contribution in [0.4, 0.5) is 0 Å². The molecule has 23 heavy (non-hydrogen) atoms. The van der Waals surface area contributed by atoms with Crippen LogP contribution in [0.25, 0.3) is 22.3 Å². The molecule has 1 N–H and O–H groups in total.